The Bertz CT molecular complexity index is 605. The highest BCUT2D eigenvalue weighted by Gasteiger charge is 2.15. The maximum atomic E-state index is 13.2. The van der Waals surface area contributed by atoms with Gasteiger partial charge in [-0.1, -0.05) is 6.07 Å². The maximum Gasteiger partial charge on any atom is 0.126 e. The lowest BCUT2D eigenvalue weighted by atomic mass is 10.0. The lowest BCUT2D eigenvalue weighted by molar-refractivity contribution is 0.310. The lowest BCUT2D eigenvalue weighted by Crippen LogP contribution is -2.27. The first kappa shape index (κ1) is 12.2. The zero-order valence-electron chi connectivity index (χ0n) is 10.7. The van der Waals surface area contributed by atoms with Crippen LogP contribution in [0.15, 0.2) is 30.3 Å². The van der Waals surface area contributed by atoms with Crippen LogP contribution in [0.25, 0.3) is 11.3 Å². The van der Waals surface area contributed by atoms with E-state index in [0.29, 0.717) is 11.3 Å². The molecule has 0 bridgehead atoms. The molecule has 4 heteroatoms. The molecule has 0 unspecified atom stereocenters. The number of pyridine rings is 1. The molecule has 1 aromatic carbocycles. The van der Waals surface area contributed by atoms with Gasteiger partial charge in [0, 0.05) is 36.8 Å². The van der Waals surface area contributed by atoms with E-state index in [1.54, 1.807) is 0 Å². The van der Waals surface area contributed by atoms with E-state index in [-0.39, 0.29) is 0 Å². The molecule has 0 radical (unpaired) electrons. The smallest absolute Gasteiger partial charge is 0.126 e. The number of fused-ring (bicyclic) bond motifs is 1. The minimum Gasteiger partial charge on any atom is -0.302 e. The van der Waals surface area contributed by atoms with Gasteiger partial charge >= 0.3 is 0 Å². The fourth-order valence-corrected chi connectivity index (χ4v) is 2.42. The van der Waals surface area contributed by atoms with Crippen LogP contribution < -0.4 is 0 Å². The van der Waals surface area contributed by atoms with Crippen LogP contribution in [0.4, 0.5) is 8.78 Å². The van der Waals surface area contributed by atoms with E-state index in [2.05, 4.69) is 16.9 Å². The maximum absolute atomic E-state index is 13.2. The van der Waals surface area contributed by atoms with Gasteiger partial charge in [-0.3, -0.25) is 4.98 Å². The van der Waals surface area contributed by atoms with E-state index in [4.69, 9.17) is 0 Å². The highest BCUT2D eigenvalue weighted by molar-refractivity contribution is 5.60. The van der Waals surface area contributed by atoms with E-state index in [1.807, 2.05) is 12.1 Å². The summed E-state index contributed by atoms with van der Waals surface area (Å²) in [7, 11) is 2.07. The highest BCUT2D eigenvalue weighted by Crippen LogP contribution is 2.24. The minimum atomic E-state index is -0.575. The molecule has 0 N–H and O–H groups in total. The van der Waals surface area contributed by atoms with Crippen molar-refractivity contribution in [3.63, 3.8) is 0 Å². The molecule has 0 saturated carbocycles. The molecule has 0 amide bonds. The van der Waals surface area contributed by atoms with Crippen LogP contribution in [0.2, 0.25) is 0 Å². The number of rotatable bonds is 1. The molecule has 0 fully saturated rings. The minimum absolute atomic E-state index is 0.485. The second-order valence-electron chi connectivity index (χ2n) is 4.95. The first-order valence-corrected chi connectivity index (χ1v) is 6.25. The second-order valence-corrected chi connectivity index (χ2v) is 4.95. The third kappa shape index (κ3) is 2.49. The van der Waals surface area contributed by atoms with Crippen LogP contribution >= 0.6 is 0 Å². The van der Waals surface area contributed by atoms with Gasteiger partial charge < -0.3 is 4.90 Å². The Morgan fingerprint density at radius 1 is 1.11 bits per heavy atom. The topological polar surface area (TPSA) is 16.1 Å². The largest absolute Gasteiger partial charge is 0.302 e. The van der Waals surface area contributed by atoms with E-state index in [0.717, 1.165) is 31.3 Å². The summed E-state index contributed by atoms with van der Waals surface area (Å²) >= 11 is 0. The third-order valence-corrected chi connectivity index (χ3v) is 3.40. The Balaban J connectivity index is 2.02. The third-order valence-electron chi connectivity index (χ3n) is 3.40. The molecule has 0 spiro atoms. The summed E-state index contributed by atoms with van der Waals surface area (Å²) in [5, 5.41) is 0. The van der Waals surface area contributed by atoms with E-state index in [9.17, 15) is 8.78 Å². The van der Waals surface area contributed by atoms with Crippen LogP contribution in [0.5, 0.6) is 0 Å². The molecule has 3 rings (SSSR count). The van der Waals surface area contributed by atoms with Gasteiger partial charge in [0.1, 0.15) is 11.6 Å². The van der Waals surface area contributed by atoms with Gasteiger partial charge in [-0.15, -0.1) is 0 Å². The molecule has 0 aliphatic carbocycles. The number of halogens is 2. The second kappa shape index (κ2) is 4.70. The van der Waals surface area contributed by atoms with Crippen molar-refractivity contribution in [3.05, 3.63) is 53.2 Å². The molecular weight excluding hydrogens is 246 g/mol. The first-order chi connectivity index (χ1) is 9.11. The van der Waals surface area contributed by atoms with Crippen molar-refractivity contribution in [3.8, 4) is 11.3 Å². The van der Waals surface area contributed by atoms with Crippen LogP contribution in [-0.4, -0.2) is 23.5 Å². The zero-order valence-corrected chi connectivity index (χ0v) is 10.7. The quantitative estimate of drug-likeness (QED) is 0.783. The van der Waals surface area contributed by atoms with Gasteiger partial charge in [0.25, 0.3) is 0 Å². The molecular formula is C15H14F2N2. The summed E-state index contributed by atoms with van der Waals surface area (Å²) < 4.78 is 26.5. The number of benzene rings is 1. The Hall–Kier alpha value is -1.81. The molecule has 2 aromatic rings. The monoisotopic (exact) mass is 260 g/mol. The number of aromatic nitrogens is 1. The average molecular weight is 260 g/mol. The fourth-order valence-electron chi connectivity index (χ4n) is 2.42. The van der Waals surface area contributed by atoms with E-state index < -0.39 is 11.6 Å². The number of hydrogen-bond acceptors (Lipinski definition) is 2. The molecule has 1 aromatic heterocycles. The number of likely N-dealkylation sites (N-methyl/N-ethyl adjacent to an activating group) is 1. The molecule has 2 nitrogen and oxygen atoms in total. The predicted molar refractivity (Wildman–Crippen MR) is 69.6 cm³/mol. The molecule has 1 aliphatic heterocycles. The molecule has 19 heavy (non-hydrogen) atoms. The van der Waals surface area contributed by atoms with Crippen molar-refractivity contribution in [2.75, 3.05) is 13.6 Å². The molecule has 1 aliphatic rings. The molecule has 0 saturated heterocycles. The Morgan fingerprint density at radius 3 is 2.58 bits per heavy atom. The van der Waals surface area contributed by atoms with Crippen molar-refractivity contribution in [2.24, 2.45) is 0 Å². The summed E-state index contributed by atoms with van der Waals surface area (Å²) in [5.41, 5.74) is 3.33. The van der Waals surface area contributed by atoms with Crippen molar-refractivity contribution >= 4 is 0 Å². The van der Waals surface area contributed by atoms with E-state index >= 15 is 0 Å². The molecule has 2 heterocycles. The van der Waals surface area contributed by atoms with Crippen molar-refractivity contribution in [1.29, 1.82) is 0 Å². The Labute approximate surface area is 110 Å². The van der Waals surface area contributed by atoms with Crippen molar-refractivity contribution < 1.29 is 8.78 Å². The average Bonchev–Trinajstić information content (AvgIpc) is 2.37. The fraction of sp³-hybridized carbons (Fsp3) is 0.267. The van der Waals surface area contributed by atoms with Crippen LogP contribution in [0, 0.1) is 11.6 Å². The standard InChI is InChI=1S/C15H14F2N2/c1-19-5-4-15-10(9-19)2-3-14(18-15)11-6-12(16)8-13(17)7-11/h2-3,6-8H,4-5,9H2,1H3. The summed E-state index contributed by atoms with van der Waals surface area (Å²) in [6.45, 7) is 1.83. The first-order valence-electron chi connectivity index (χ1n) is 6.25. The SMILES string of the molecule is CN1CCc2nc(-c3cc(F)cc(F)c3)ccc2C1. The van der Waals surface area contributed by atoms with Gasteiger partial charge in [-0.2, -0.15) is 0 Å². The summed E-state index contributed by atoms with van der Waals surface area (Å²) in [5.74, 6) is -1.15. The zero-order chi connectivity index (χ0) is 13.4. The van der Waals surface area contributed by atoms with Crippen molar-refractivity contribution in [1.82, 2.24) is 9.88 Å². The van der Waals surface area contributed by atoms with Crippen LogP contribution in [-0.2, 0) is 13.0 Å². The van der Waals surface area contributed by atoms with Crippen LogP contribution in [0.1, 0.15) is 11.3 Å². The normalized spacial score (nSPS) is 15.3. The predicted octanol–water partition coefficient (Wildman–Crippen LogP) is 3.01. The van der Waals surface area contributed by atoms with Gasteiger partial charge in [0.05, 0.1) is 5.69 Å². The highest BCUT2D eigenvalue weighted by atomic mass is 19.1. The lowest BCUT2D eigenvalue weighted by Gasteiger charge is -2.24. The van der Waals surface area contributed by atoms with Gasteiger partial charge in [0.15, 0.2) is 0 Å². The Morgan fingerprint density at radius 2 is 1.84 bits per heavy atom. The van der Waals surface area contributed by atoms with E-state index in [1.165, 1.54) is 17.7 Å². The number of hydrogen-bond donors (Lipinski definition) is 0. The van der Waals surface area contributed by atoms with Crippen molar-refractivity contribution in [2.45, 2.75) is 13.0 Å². The summed E-state index contributed by atoms with van der Waals surface area (Å²) in [4.78, 5) is 6.77. The molecule has 98 valence electrons. The summed E-state index contributed by atoms with van der Waals surface area (Å²) in [6, 6.07) is 7.32. The molecule has 0 atom stereocenters. The van der Waals surface area contributed by atoms with Gasteiger partial charge in [-0.05, 0) is 30.8 Å². The Kier molecular flexibility index (Phi) is 3.03. The van der Waals surface area contributed by atoms with Gasteiger partial charge in [0.2, 0.25) is 0 Å². The van der Waals surface area contributed by atoms with Crippen LogP contribution in [0.3, 0.4) is 0 Å². The summed E-state index contributed by atoms with van der Waals surface area (Å²) in [6.07, 6.45) is 0.872. The number of nitrogens with zero attached hydrogens (tertiary/aromatic N) is 2. The van der Waals surface area contributed by atoms with Gasteiger partial charge in [-0.25, -0.2) is 8.78 Å².